The van der Waals surface area contributed by atoms with Crippen LogP contribution in [0, 0.1) is 0 Å². The molecule has 0 atom stereocenters. The topological polar surface area (TPSA) is 44.2 Å². The van der Waals surface area contributed by atoms with Crippen LogP contribution in [0.1, 0.15) is 0 Å². The lowest BCUT2D eigenvalue weighted by Gasteiger charge is -2.09. The van der Waals surface area contributed by atoms with E-state index in [4.69, 9.17) is 9.47 Å². The van der Waals surface area contributed by atoms with Crippen LogP contribution in [0.4, 0.5) is 0 Å². The monoisotopic (exact) mass is 266 g/mol. The zero-order chi connectivity index (χ0) is 13.9. The summed E-state index contributed by atoms with van der Waals surface area (Å²) in [7, 11) is 3.25. The zero-order valence-corrected chi connectivity index (χ0v) is 11.3. The van der Waals surface area contributed by atoms with Crippen molar-refractivity contribution in [2.24, 2.45) is 0 Å². The first-order valence-corrected chi connectivity index (χ1v) is 6.25. The summed E-state index contributed by atoms with van der Waals surface area (Å²) in [6.45, 7) is 0. The molecule has 1 aromatic carbocycles. The predicted octanol–water partition coefficient (Wildman–Crippen LogP) is 3.31. The summed E-state index contributed by atoms with van der Waals surface area (Å²) >= 11 is 0. The zero-order valence-electron chi connectivity index (χ0n) is 11.3. The second kappa shape index (κ2) is 5.17. The van der Waals surface area contributed by atoms with Gasteiger partial charge in [0.2, 0.25) is 0 Å². The van der Waals surface area contributed by atoms with Crippen LogP contribution in [0.25, 0.3) is 22.2 Å². The molecule has 100 valence electrons. The second-order valence-electron chi connectivity index (χ2n) is 4.34. The number of benzene rings is 1. The predicted molar refractivity (Wildman–Crippen MR) is 78.1 cm³/mol. The highest BCUT2D eigenvalue weighted by atomic mass is 16.5. The van der Waals surface area contributed by atoms with Crippen molar-refractivity contribution in [2.75, 3.05) is 14.2 Å². The Labute approximate surface area is 117 Å². The van der Waals surface area contributed by atoms with E-state index in [1.165, 1.54) is 0 Å². The Balaban J connectivity index is 2.10. The summed E-state index contributed by atoms with van der Waals surface area (Å²) in [5.74, 6) is 1.42. The van der Waals surface area contributed by atoms with Gasteiger partial charge in [0, 0.05) is 23.3 Å². The number of nitrogens with zero attached hydrogens (tertiary/aromatic N) is 2. The van der Waals surface area contributed by atoms with E-state index >= 15 is 0 Å². The summed E-state index contributed by atoms with van der Waals surface area (Å²) < 4.78 is 10.6. The minimum Gasteiger partial charge on any atom is -0.493 e. The highest BCUT2D eigenvalue weighted by Crippen LogP contribution is 2.32. The van der Waals surface area contributed by atoms with Crippen molar-refractivity contribution in [2.45, 2.75) is 0 Å². The fourth-order valence-electron chi connectivity index (χ4n) is 2.14. The van der Waals surface area contributed by atoms with Gasteiger partial charge in [-0.05, 0) is 35.9 Å². The smallest absolute Gasteiger partial charge is 0.161 e. The molecular formula is C16H14N2O2. The first-order valence-electron chi connectivity index (χ1n) is 6.25. The molecule has 0 saturated heterocycles. The van der Waals surface area contributed by atoms with Crippen LogP contribution < -0.4 is 9.47 Å². The van der Waals surface area contributed by atoms with Crippen molar-refractivity contribution in [3.8, 4) is 22.6 Å². The van der Waals surface area contributed by atoms with Crippen LogP contribution >= 0.6 is 0 Å². The SMILES string of the molecule is COc1ccc(-c2cnc3ncccc3c2)cc1OC. The molecule has 0 saturated carbocycles. The van der Waals surface area contributed by atoms with Gasteiger partial charge in [0.05, 0.1) is 14.2 Å². The van der Waals surface area contributed by atoms with Gasteiger partial charge >= 0.3 is 0 Å². The molecule has 0 N–H and O–H groups in total. The van der Waals surface area contributed by atoms with Gasteiger partial charge in [0.15, 0.2) is 17.1 Å². The van der Waals surface area contributed by atoms with E-state index in [-0.39, 0.29) is 0 Å². The van der Waals surface area contributed by atoms with Gasteiger partial charge in [-0.1, -0.05) is 6.07 Å². The Morgan fingerprint density at radius 3 is 2.50 bits per heavy atom. The van der Waals surface area contributed by atoms with E-state index in [9.17, 15) is 0 Å². The molecule has 0 unspecified atom stereocenters. The second-order valence-corrected chi connectivity index (χ2v) is 4.34. The van der Waals surface area contributed by atoms with Crippen LogP contribution in [0.2, 0.25) is 0 Å². The number of aromatic nitrogens is 2. The summed E-state index contributed by atoms with van der Waals surface area (Å²) in [5, 5.41) is 1.01. The third-order valence-electron chi connectivity index (χ3n) is 3.17. The molecule has 3 rings (SSSR count). The van der Waals surface area contributed by atoms with Crippen molar-refractivity contribution in [3.63, 3.8) is 0 Å². The maximum absolute atomic E-state index is 5.33. The maximum atomic E-state index is 5.33. The third kappa shape index (κ3) is 2.16. The van der Waals surface area contributed by atoms with Gasteiger partial charge in [-0.25, -0.2) is 9.97 Å². The number of methoxy groups -OCH3 is 2. The number of hydrogen-bond acceptors (Lipinski definition) is 4. The number of hydrogen-bond donors (Lipinski definition) is 0. The molecule has 0 radical (unpaired) electrons. The van der Waals surface area contributed by atoms with Crippen molar-refractivity contribution in [1.82, 2.24) is 9.97 Å². The van der Waals surface area contributed by atoms with Gasteiger partial charge in [0.25, 0.3) is 0 Å². The lowest BCUT2D eigenvalue weighted by molar-refractivity contribution is 0.355. The normalized spacial score (nSPS) is 10.5. The van der Waals surface area contributed by atoms with E-state index in [1.54, 1.807) is 20.4 Å². The standard InChI is InChI=1S/C16H14N2O2/c1-19-14-6-5-11(9-15(14)20-2)13-8-12-4-3-7-17-16(12)18-10-13/h3-10H,1-2H3. The van der Waals surface area contributed by atoms with Crippen molar-refractivity contribution in [1.29, 1.82) is 0 Å². The Bertz CT molecular complexity index is 756. The Morgan fingerprint density at radius 1 is 0.850 bits per heavy atom. The van der Waals surface area contributed by atoms with Gasteiger partial charge in [-0.15, -0.1) is 0 Å². The van der Waals surface area contributed by atoms with Crippen molar-refractivity contribution >= 4 is 11.0 Å². The lowest BCUT2D eigenvalue weighted by atomic mass is 10.1. The summed E-state index contributed by atoms with van der Waals surface area (Å²) in [6, 6.07) is 11.8. The lowest BCUT2D eigenvalue weighted by Crippen LogP contribution is -1.91. The summed E-state index contributed by atoms with van der Waals surface area (Å²) in [4.78, 5) is 8.59. The van der Waals surface area contributed by atoms with Crippen LogP contribution in [0.3, 0.4) is 0 Å². The highest BCUT2D eigenvalue weighted by molar-refractivity contribution is 5.81. The first-order chi connectivity index (χ1) is 9.81. The molecule has 3 aromatic rings. The molecular weight excluding hydrogens is 252 g/mol. The Kier molecular flexibility index (Phi) is 3.21. The average Bonchev–Trinajstić information content (AvgIpc) is 2.53. The summed E-state index contributed by atoms with van der Waals surface area (Å²) in [6.07, 6.45) is 3.56. The van der Waals surface area contributed by atoms with Gasteiger partial charge in [-0.2, -0.15) is 0 Å². The van der Waals surface area contributed by atoms with Crippen molar-refractivity contribution < 1.29 is 9.47 Å². The minimum atomic E-state index is 0.705. The maximum Gasteiger partial charge on any atom is 0.161 e. The molecule has 0 fully saturated rings. The molecule has 0 aliphatic rings. The number of fused-ring (bicyclic) bond motifs is 1. The van der Waals surface area contributed by atoms with E-state index in [0.29, 0.717) is 11.5 Å². The number of ether oxygens (including phenoxy) is 2. The molecule has 0 aliphatic heterocycles. The summed E-state index contributed by atoms with van der Waals surface area (Å²) in [5.41, 5.74) is 2.80. The van der Waals surface area contributed by atoms with Gasteiger partial charge in [0.1, 0.15) is 0 Å². The van der Waals surface area contributed by atoms with Crippen LogP contribution in [0.15, 0.2) is 48.8 Å². The molecule has 4 heteroatoms. The first kappa shape index (κ1) is 12.4. The van der Waals surface area contributed by atoms with Crippen LogP contribution in [0.5, 0.6) is 11.5 Å². The molecule has 0 amide bonds. The molecule has 2 heterocycles. The Hall–Kier alpha value is -2.62. The van der Waals surface area contributed by atoms with E-state index in [1.807, 2.05) is 36.5 Å². The fraction of sp³-hybridized carbons (Fsp3) is 0.125. The molecule has 0 spiro atoms. The molecule has 4 nitrogen and oxygen atoms in total. The highest BCUT2D eigenvalue weighted by Gasteiger charge is 2.07. The average molecular weight is 266 g/mol. The van der Waals surface area contributed by atoms with E-state index in [2.05, 4.69) is 16.0 Å². The third-order valence-corrected chi connectivity index (χ3v) is 3.17. The minimum absolute atomic E-state index is 0.705. The molecule has 2 aromatic heterocycles. The van der Waals surface area contributed by atoms with Crippen molar-refractivity contribution in [3.05, 3.63) is 48.8 Å². The Morgan fingerprint density at radius 2 is 1.70 bits per heavy atom. The molecule has 20 heavy (non-hydrogen) atoms. The number of pyridine rings is 2. The van der Waals surface area contributed by atoms with E-state index < -0.39 is 0 Å². The quantitative estimate of drug-likeness (QED) is 0.729. The van der Waals surface area contributed by atoms with E-state index in [0.717, 1.165) is 22.2 Å². The largest absolute Gasteiger partial charge is 0.493 e. The van der Waals surface area contributed by atoms with Crippen LogP contribution in [-0.4, -0.2) is 24.2 Å². The van der Waals surface area contributed by atoms with Crippen LogP contribution in [-0.2, 0) is 0 Å². The number of rotatable bonds is 3. The molecule has 0 bridgehead atoms. The fourth-order valence-corrected chi connectivity index (χ4v) is 2.14. The van der Waals surface area contributed by atoms with Gasteiger partial charge < -0.3 is 9.47 Å². The molecule has 0 aliphatic carbocycles. The van der Waals surface area contributed by atoms with Gasteiger partial charge in [-0.3, -0.25) is 0 Å².